The standard InChI is InChI=1S/C21H36N4/c1-20(2)9-10-21(3,4)18-13-15(5-6-17(18)20)19-14-25(24-23-19)16-7-11-22-12-8-16/h14-18,22H,5-13H2,1-4H3. The predicted molar refractivity (Wildman–Crippen MR) is 102 cm³/mol. The molecule has 0 radical (unpaired) electrons. The second kappa shape index (κ2) is 6.37. The van der Waals surface area contributed by atoms with Crippen molar-refractivity contribution in [3.63, 3.8) is 0 Å². The van der Waals surface area contributed by atoms with Crippen LogP contribution < -0.4 is 5.32 Å². The van der Waals surface area contributed by atoms with Gasteiger partial charge in [-0.15, -0.1) is 5.10 Å². The number of nitrogens with one attached hydrogen (secondary N) is 1. The number of hydrogen-bond donors (Lipinski definition) is 1. The van der Waals surface area contributed by atoms with Crippen LogP contribution in [0.25, 0.3) is 0 Å². The van der Waals surface area contributed by atoms with Crippen molar-refractivity contribution in [2.45, 2.75) is 84.6 Å². The van der Waals surface area contributed by atoms with Crippen LogP contribution in [-0.2, 0) is 0 Å². The first-order valence-corrected chi connectivity index (χ1v) is 10.5. The normalized spacial score (nSPS) is 35.3. The molecule has 2 saturated carbocycles. The van der Waals surface area contributed by atoms with E-state index in [1.165, 1.54) is 50.6 Å². The molecule has 4 rings (SSSR count). The average Bonchev–Trinajstić information content (AvgIpc) is 3.10. The SMILES string of the molecule is CC1(C)CCC(C)(C)C2CC(c3cn(C4CCNCC4)nn3)CCC21. The largest absolute Gasteiger partial charge is 0.317 e. The summed E-state index contributed by atoms with van der Waals surface area (Å²) < 4.78 is 2.16. The number of piperidine rings is 1. The maximum Gasteiger partial charge on any atom is 0.0858 e. The van der Waals surface area contributed by atoms with Gasteiger partial charge in [0.05, 0.1) is 11.7 Å². The summed E-state index contributed by atoms with van der Waals surface area (Å²) in [5.74, 6) is 2.33. The Morgan fingerprint density at radius 1 is 0.960 bits per heavy atom. The van der Waals surface area contributed by atoms with Gasteiger partial charge in [-0.1, -0.05) is 32.9 Å². The Balaban J connectivity index is 1.50. The van der Waals surface area contributed by atoms with Gasteiger partial charge in [-0.05, 0) is 80.7 Å². The lowest BCUT2D eigenvalue weighted by molar-refractivity contribution is -0.0501. The molecule has 4 nitrogen and oxygen atoms in total. The molecule has 4 heteroatoms. The molecule has 3 atom stereocenters. The summed E-state index contributed by atoms with van der Waals surface area (Å²) >= 11 is 0. The van der Waals surface area contributed by atoms with Crippen LogP contribution in [0.5, 0.6) is 0 Å². The maximum absolute atomic E-state index is 4.63. The van der Waals surface area contributed by atoms with E-state index in [4.69, 9.17) is 0 Å². The van der Waals surface area contributed by atoms with Crippen molar-refractivity contribution in [3.05, 3.63) is 11.9 Å². The molecular weight excluding hydrogens is 308 g/mol. The Labute approximate surface area is 153 Å². The first-order valence-electron chi connectivity index (χ1n) is 10.5. The third kappa shape index (κ3) is 3.27. The van der Waals surface area contributed by atoms with Crippen molar-refractivity contribution in [1.29, 1.82) is 0 Å². The van der Waals surface area contributed by atoms with Gasteiger partial charge in [-0.2, -0.15) is 0 Å². The van der Waals surface area contributed by atoms with Crippen LogP contribution in [0.4, 0.5) is 0 Å². The number of nitrogens with zero attached hydrogens (tertiary/aromatic N) is 3. The average molecular weight is 345 g/mol. The van der Waals surface area contributed by atoms with Crippen LogP contribution in [0.3, 0.4) is 0 Å². The van der Waals surface area contributed by atoms with E-state index in [2.05, 4.69) is 54.2 Å². The Morgan fingerprint density at radius 3 is 2.36 bits per heavy atom. The molecule has 3 unspecified atom stereocenters. The third-order valence-electron chi connectivity index (χ3n) is 7.90. The van der Waals surface area contributed by atoms with E-state index >= 15 is 0 Å². The van der Waals surface area contributed by atoms with Crippen LogP contribution in [0, 0.1) is 22.7 Å². The second-order valence-electron chi connectivity index (χ2n) is 10.3. The van der Waals surface area contributed by atoms with E-state index in [1.54, 1.807) is 0 Å². The Kier molecular flexibility index (Phi) is 4.46. The van der Waals surface area contributed by atoms with Crippen LogP contribution in [0.1, 0.15) is 90.3 Å². The number of rotatable bonds is 2. The van der Waals surface area contributed by atoms with Gasteiger partial charge >= 0.3 is 0 Å². The molecule has 0 bridgehead atoms. The van der Waals surface area contributed by atoms with Gasteiger partial charge in [0.1, 0.15) is 0 Å². The highest BCUT2D eigenvalue weighted by molar-refractivity contribution is 5.09. The summed E-state index contributed by atoms with van der Waals surface area (Å²) in [5, 5.41) is 12.6. The monoisotopic (exact) mass is 344 g/mol. The van der Waals surface area contributed by atoms with Crippen molar-refractivity contribution in [1.82, 2.24) is 20.3 Å². The highest BCUT2D eigenvalue weighted by Gasteiger charge is 2.50. The maximum atomic E-state index is 4.63. The molecular formula is C21H36N4. The van der Waals surface area contributed by atoms with E-state index in [9.17, 15) is 0 Å². The van der Waals surface area contributed by atoms with E-state index < -0.39 is 0 Å². The van der Waals surface area contributed by atoms with E-state index in [0.29, 0.717) is 22.8 Å². The predicted octanol–water partition coefficient (Wildman–Crippen LogP) is 4.55. The molecule has 140 valence electrons. The molecule has 1 aliphatic heterocycles. The quantitative estimate of drug-likeness (QED) is 0.856. The molecule has 1 N–H and O–H groups in total. The number of hydrogen-bond acceptors (Lipinski definition) is 3. The molecule has 2 heterocycles. The Hall–Kier alpha value is -0.900. The Bertz CT molecular complexity index is 597. The lowest BCUT2D eigenvalue weighted by Crippen LogP contribution is -2.46. The summed E-state index contributed by atoms with van der Waals surface area (Å²) in [5.41, 5.74) is 2.25. The molecule has 1 aromatic heterocycles. The van der Waals surface area contributed by atoms with Crippen LogP contribution in [0.15, 0.2) is 6.20 Å². The van der Waals surface area contributed by atoms with Gasteiger partial charge in [-0.3, -0.25) is 0 Å². The Morgan fingerprint density at radius 2 is 1.64 bits per heavy atom. The second-order valence-corrected chi connectivity index (χ2v) is 10.3. The molecule has 3 fully saturated rings. The van der Waals surface area contributed by atoms with Gasteiger partial charge in [0.2, 0.25) is 0 Å². The van der Waals surface area contributed by atoms with Gasteiger partial charge in [-0.25, -0.2) is 4.68 Å². The molecule has 0 spiro atoms. The fraction of sp³-hybridized carbons (Fsp3) is 0.905. The molecule has 1 aromatic rings. The first kappa shape index (κ1) is 17.5. The smallest absolute Gasteiger partial charge is 0.0858 e. The summed E-state index contributed by atoms with van der Waals surface area (Å²) in [6.45, 7) is 12.2. The highest BCUT2D eigenvalue weighted by Crippen LogP contribution is 2.59. The van der Waals surface area contributed by atoms with E-state index in [0.717, 1.165) is 24.9 Å². The molecule has 1 saturated heterocycles. The molecule has 0 amide bonds. The first-order chi connectivity index (χ1) is 11.9. The number of fused-ring (bicyclic) bond motifs is 1. The third-order valence-corrected chi connectivity index (χ3v) is 7.90. The van der Waals surface area contributed by atoms with E-state index in [1.807, 2.05) is 0 Å². The lowest BCUT2D eigenvalue weighted by atomic mass is 9.49. The molecule has 2 aliphatic carbocycles. The van der Waals surface area contributed by atoms with Crippen molar-refractivity contribution in [2.24, 2.45) is 22.7 Å². The van der Waals surface area contributed by atoms with Crippen LogP contribution in [-0.4, -0.2) is 28.1 Å². The molecule has 25 heavy (non-hydrogen) atoms. The minimum absolute atomic E-state index is 0.476. The minimum Gasteiger partial charge on any atom is -0.317 e. The topological polar surface area (TPSA) is 42.7 Å². The van der Waals surface area contributed by atoms with Crippen molar-refractivity contribution in [3.8, 4) is 0 Å². The van der Waals surface area contributed by atoms with Gasteiger partial charge in [0.25, 0.3) is 0 Å². The number of aromatic nitrogens is 3. The van der Waals surface area contributed by atoms with Gasteiger partial charge < -0.3 is 5.32 Å². The zero-order valence-corrected chi connectivity index (χ0v) is 16.6. The summed E-state index contributed by atoms with van der Waals surface area (Å²) in [4.78, 5) is 0. The van der Waals surface area contributed by atoms with Crippen LogP contribution >= 0.6 is 0 Å². The highest BCUT2D eigenvalue weighted by atomic mass is 15.4. The summed E-state index contributed by atoms with van der Waals surface area (Å²) in [7, 11) is 0. The van der Waals surface area contributed by atoms with Gasteiger partial charge in [0.15, 0.2) is 0 Å². The fourth-order valence-electron chi connectivity index (χ4n) is 5.98. The van der Waals surface area contributed by atoms with Crippen molar-refractivity contribution < 1.29 is 0 Å². The summed E-state index contributed by atoms with van der Waals surface area (Å²) in [6, 6.07) is 0.545. The van der Waals surface area contributed by atoms with Crippen molar-refractivity contribution in [2.75, 3.05) is 13.1 Å². The van der Waals surface area contributed by atoms with E-state index in [-0.39, 0.29) is 0 Å². The summed E-state index contributed by atoms with van der Waals surface area (Å²) in [6.07, 6.45) is 11.4. The minimum atomic E-state index is 0.476. The fourth-order valence-corrected chi connectivity index (χ4v) is 5.98. The molecule has 3 aliphatic rings. The van der Waals surface area contributed by atoms with Gasteiger partial charge in [0, 0.05) is 12.1 Å². The zero-order valence-electron chi connectivity index (χ0n) is 16.6. The lowest BCUT2D eigenvalue weighted by Gasteiger charge is -2.55. The molecule has 0 aromatic carbocycles. The van der Waals surface area contributed by atoms with Crippen molar-refractivity contribution >= 4 is 0 Å². The van der Waals surface area contributed by atoms with Crippen LogP contribution in [0.2, 0.25) is 0 Å². The zero-order chi connectivity index (χ0) is 17.7.